The number of carbonyl (C=O) groups excluding carboxylic acids is 1. The van der Waals surface area contributed by atoms with Crippen molar-refractivity contribution in [2.45, 2.75) is 46.1 Å². The number of piperidine rings is 1. The van der Waals surface area contributed by atoms with E-state index in [-0.39, 0.29) is 29.7 Å². The van der Waals surface area contributed by atoms with Crippen LogP contribution in [0.4, 0.5) is 0 Å². The number of nitrogens with zero attached hydrogens (tertiary/aromatic N) is 2. The summed E-state index contributed by atoms with van der Waals surface area (Å²) < 4.78 is 13.5. The lowest BCUT2D eigenvalue weighted by atomic mass is 9.83. The minimum atomic E-state index is -0.492. The molecular weight excluding hydrogens is 444 g/mol. The summed E-state index contributed by atoms with van der Waals surface area (Å²) in [5, 5.41) is 0.711. The van der Waals surface area contributed by atoms with Crippen LogP contribution in [0.15, 0.2) is 56.5 Å². The number of aromatic nitrogens is 1. The van der Waals surface area contributed by atoms with Crippen LogP contribution in [0.5, 0.6) is 5.75 Å². The number of likely N-dealkylation sites (tertiary alicyclic amines) is 1. The Kier molecular flexibility index (Phi) is 5.87. The largest absolute Gasteiger partial charge is 0.488 e. The molecule has 1 fully saturated rings. The maximum Gasteiger partial charge on any atom is 0.340 e. The number of amides is 1. The molecule has 0 N–H and O–H groups in total. The third kappa shape index (κ3) is 4.31. The summed E-state index contributed by atoms with van der Waals surface area (Å²) in [6.07, 6.45) is 0.937. The molecule has 1 saturated heterocycles. The number of hydrogen-bond donors (Lipinski definition) is 0. The van der Waals surface area contributed by atoms with Gasteiger partial charge in [0.15, 0.2) is 0 Å². The first-order chi connectivity index (χ1) is 16.7. The summed E-state index contributed by atoms with van der Waals surface area (Å²) in [6.45, 7) is 11.6. The molecule has 0 spiro atoms. The highest BCUT2D eigenvalue weighted by atomic mass is 16.5. The van der Waals surface area contributed by atoms with Gasteiger partial charge in [-0.25, -0.2) is 4.79 Å². The van der Waals surface area contributed by atoms with E-state index in [2.05, 4.69) is 6.58 Å². The van der Waals surface area contributed by atoms with Crippen molar-refractivity contribution >= 4 is 16.9 Å². The second-order valence-corrected chi connectivity index (χ2v) is 10.0. The first-order valence-corrected chi connectivity index (χ1v) is 12.0. The Morgan fingerprint density at radius 1 is 1.17 bits per heavy atom. The molecule has 2 aliphatic rings. The lowest BCUT2D eigenvalue weighted by Crippen LogP contribution is -2.49. The fraction of sp³-hybridized carbons (Fsp3) is 0.393. The summed E-state index contributed by atoms with van der Waals surface area (Å²) in [5.74, 6) is 0.870. The number of aryl methyl sites for hydroxylation is 2. The van der Waals surface area contributed by atoms with Gasteiger partial charge in [0.25, 0.3) is 5.56 Å². The van der Waals surface area contributed by atoms with Crippen LogP contribution in [-0.4, -0.2) is 35.1 Å². The van der Waals surface area contributed by atoms with Crippen molar-refractivity contribution in [1.82, 2.24) is 9.47 Å². The highest BCUT2D eigenvalue weighted by molar-refractivity contribution is 5.89. The van der Waals surface area contributed by atoms with E-state index in [0.29, 0.717) is 54.1 Å². The second kappa shape index (κ2) is 8.87. The average Bonchev–Trinajstić information content (AvgIpc) is 2.80. The zero-order chi connectivity index (χ0) is 24.9. The summed E-state index contributed by atoms with van der Waals surface area (Å²) in [4.78, 5) is 40.5. The van der Waals surface area contributed by atoms with E-state index in [1.165, 1.54) is 0 Å². The smallest absolute Gasteiger partial charge is 0.340 e. The Morgan fingerprint density at radius 3 is 2.74 bits per heavy atom. The number of rotatable bonds is 5. The van der Waals surface area contributed by atoms with Crippen LogP contribution in [0.1, 0.15) is 41.6 Å². The Morgan fingerprint density at radius 2 is 1.97 bits per heavy atom. The number of carbonyl (C=O) groups is 1. The van der Waals surface area contributed by atoms with E-state index in [9.17, 15) is 14.4 Å². The van der Waals surface area contributed by atoms with Gasteiger partial charge >= 0.3 is 5.63 Å². The molecule has 2 aromatic heterocycles. The molecule has 35 heavy (non-hydrogen) atoms. The van der Waals surface area contributed by atoms with Crippen LogP contribution in [0.2, 0.25) is 0 Å². The van der Waals surface area contributed by atoms with Crippen LogP contribution >= 0.6 is 0 Å². The first-order valence-electron chi connectivity index (χ1n) is 12.0. The van der Waals surface area contributed by atoms with Crippen molar-refractivity contribution in [1.29, 1.82) is 0 Å². The van der Waals surface area contributed by atoms with Crippen molar-refractivity contribution in [3.05, 3.63) is 85.6 Å². The van der Waals surface area contributed by atoms with Crippen molar-refractivity contribution in [2.24, 2.45) is 5.92 Å². The molecular formula is C28H30N2O5. The van der Waals surface area contributed by atoms with Gasteiger partial charge in [0, 0.05) is 37.3 Å². The molecule has 7 heteroatoms. The molecule has 7 nitrogen and oxygen atoms in total. The third-order valence-corrected chi connectivity index (χ3v) is 7.12. The van der Waals surface area contributed by atoms with Gasteiger partial charge in [0.2, 0.25) is 5.91 Å². The van der Waals surface area contributed by atoms with Gasteiger partial charge in [0.05, 0.1) is 17.4 Å². The van der Waals surface area contributed by atoms with Crippen LogP contribution in [0.3, 0.4) is 0 Å². The standard InChI is InChI=1S/C28H30N2O5/c1-16(2)15-34-23-8-17(3)9-24-27(23)18(4)21(28(33)35-24)11-26(32)29-12-19-10-20(14-29)22-6-5-7-25(31)30(22)13-19/h5-9,19-20H,1,10-15H2,2-4H3/t19-,20+/m0/s1. The van der Waals surface area contributed by atoms with Gasteiger partial charge < -0.3 is 18.6 Å². The minimum absolute atomic E-state index is 0.0151. The topological polar surface area (TPSA) is 81.8 Å². The fourth-order valence-corrected chi connectivity index (χ4v) is 5.52. The second-order valence-electron chi connectivity index (χ2n) is 10.0. The van der Waals surface area contributed by atoms with Crippen molar-refractivity contribution in [2.75, 3.05) is 19.7 Å². The van der Waals surface area contributed by atoms with Crippen LogP contribution < -0.4 is 15.9 Å². The Balaban J connectivity index is 1.45. The molecule has 1 amide bonds. The highest BCUT2D eigenvalue weighted by Gasteiger charge is 2.36. The zero-order valence-corrected chi connectivity index (χ0v) is 20.4. The quantitative estimate of drug-likeness (QED) is 0.416. The van der Waals surface area contributed by atoms with Crippen molar-refractivity contribution in [3.8, 4) is 5.75 Å². The van der Waals surface area contributed by atoms with Gasteiger partial charge in [0.1, 0.15) is 17.9 Å². The molecule has 0 radical (unpaired) electrons. The molecule has 182 valence electrons. The normalized spacial score (nSPS) is 18.9. The van der Waals surface area contributed by atoms with Crippen molar-refractivity contribution < 1.29 is 13.9 Å². The summed E-state index contributed by atoms with van der Waals surface area (Å²) in [6, 6.07) is 9.08. The minimum Gasteiger partial charge on any atom is -0.488 e. The molecule has 3 aromatic rings. The van der Waals surface area contributed by atoms with E-state index in [1.807, 2.05) is 48.4 Å². The van der Waals surface area contributed by atoms with Gasteiger partial charge in [-0.15, -0.1) is 0 Å². The Labute approximate surface area is 203 Å². The number of benzene rings is 1. The van der Waals surface area contributed by atoms with E-state index in [0.717, 1.165) is 23.3 Å². The molecule has 2 atom stereocenters. The molecule has 1 aromatic carbocycles. The monoisotopic (exact) mass is 474 g/mol. The summed E-state index contributed by atoms with van der Waals surface area (Å²) in [5.41, 5.74) is 3.83. The van der Waals surface area contributed by atoms with Gasteiger partial charge in [-0.1, -0.05) is 12.6 Å². The maximum absolute atomic E-state index is 13.4. The molecule has 2 aliphatic heterocycles. The average molecular weight is 475 g/mol. The maximum atomic E-state index is 13.4. The fourth-order valence-electron chi connectivity index (χ4n) is 5.52. The molecule has 2 bridgehead atoms. The van der Waals surface area contributed by atoms with Gasteiger partial charge in [-0.05, 0) is 68.0 Å². The zero-order valence-electron chi connectivity index (χ0n) is 20.4. The predicted molar refractivity (Wildman–Crippen MR) is 134 cm³/mol. The van der Waals surface area contributed by atoms with E-state index in [1.54, 1.807) is 12.1 Å². The van der Waals surface area contributed by atoms with Gasteiger partial charge in [-0.2, -0.15) is 0 Å². The number of hydrogen-bond acceptors (Lipinski definition) is 5. The van der Waals surface area contributed by atoms with Gasteiger partial charge in [-0.3, -0.25) is 9.59 Å². The number of ether oxygens (including phenoxy) is 1. The lowest BCUT2D eigenvalue weighted by molar-refractivity contribution is -0.133. The molecule has 0 unspecified atom stereocenters. The molecule has 0 saturated carbocycles. The first kappa shape index (κ1) is 23.1. The summed E-state index contributed by atoms with van der Waals surface area (Å²) >= 11 is 0. The van der Waals surface area contributed by atoms with E-state index in [4.69, 9.17) is 9.15 Å². The summed E-state index contributed by atoms with van der Waals surface area (Å²) in [7, 11) is 0. The van der Waals surface area contributed by atoms with Crippen molar-refractivity contribution in [3.63, 3.8) is 0 Å². The van der Waals surface area contributed by atoms with Crippen LogP contribution in [-0.2, 0) is 17.8 Å². The van der Waals surface area contributed by atoms with E-state index >= 15 is 0 Å². The van der Waals surface area contributed by atoms with Crippen LogP contribution in [0, 0.1) is 19.8 Å². The third-order valence-electron chi connectivity index (χ3n) is 7.12. The Hall–Kier alpha value is -3.61. The highest BCUT2D eigenvalue weighted by Crippen LogP contribution is 2.36. The predicted octanol–water partition coefficient (Wildman–Crippen LogP) is 3.71. The molecule has 0 aliphatic carbocycles. The molecule has 5 rings (SSSR count). The SMILES string of the molecule is C=C(C)COc1cc(C)cc2oc(=O)c(CC(=O)N3C[C@@H]4C[C@H](C3)c3cccc(=O)n3C4)c(C)c12. The number of fused-ring (bicyclic) bond motifs is 5. The Bertz CT molecular complexity index is 1460. The lowest BCUT2D eigenvalue weighted by Gasteiger charge is -2.42. The van der Waals surface area contributed by atoms with E-state index < -0.39 is 5.63 Å². The number of pyridine rings is 1. The van der Waals surface area contributed by atoms with Crippen LogP contribution in [0.25, 0.3) is 11.0 Å². The molecule has 4 heterocycles.